The van der Waals surface area contributed by atoms with Gasteiger partial charge in [-0.25, -0.2) is 0 Å². The Labute approximate surface area is 173 Å². The van der Waals surface area contributed by atoms with E-state index in [0.717, 1.165) is 17.4 Å². The van der Waals surface area contributed by atoms with Gasteiger partial charge in [-0.15, -0.1) is 26.2 Å². The molecule has 27 heavy (non-hydrogen) atoms. The molecule has 0 fully saturated rings. The van der Waals surface area contributed by atoms with Gasteiger partial charge in [-0.2, -0.15) is 0 Å². The summed E-state index contributed by atoms with van der Waals surface area (Å²) in [4.78, 5) is 4.90. The molecule has 1 nitrogen and oxygen atoms in total. The van der Waals surface area contributed by atoms with E-state index in [9.17, 15) is 0 Å². The number of halogens is 1. The molecule has 0 aliphatic rings. The molecule has 0 amide bonds. The summed E-state index contributed by atoms with van der Waals surface area (Å²) < 4.78 is 0. The van der Waals surface area contributed by atoms with Crippen molar-refractivity contribution in [1.29, 1.82) is 0 Å². The van der Waals surface area contributed by atoms with Gasteiger partial charge >= 0.3 is 0 Å². The number of pyridine rings is 1. The summed E-state index contributed by atoms with van der Waals surface area (Å²) in [7, 11) is 2.90. The van der Waals surface area contributed by atoms with Crippen LogP contribution in [-0.2, 0) is 6.16 Å². The molecule has 4 aromatic rings. The van der Waals surface area contributed by atoms with E-state index < -0.39 is 0 Å². The van der Waals surface area contributed by atoms with Gasteiger partial charge in [0.1, 0.15) is 0 Å². The lowest BCUT2D eigenvalue weighted by molar-refractivity contribution is 1.27. The van der Waals surface area contributed by atoms with Crippen molar-refractivity contribution >= 4 is 26.2 Å². The van der Waals surface area contributed by atoms with E-state index in [0.29, 0.717) is 0 Å². The first-order chi connectivity index (χ1) is 12.9. The van der Waals surface area contributed by atoms with Crippen LogP contribution < -0.4 is 0 Å². The lowest BCUT2D eigenvalue weighted by atomic mass is 9.90. The number of hydrogen-bond donors (Lipinski definition) is 0. The molecule has 0 N–H and O–H groups in total. The SMILES string of the molecule is Br.PCc1c(-c2ccccc2)cnc(-c2ccccc2)c1-c1ccccc1. The molecule has 1 aromatic heterocycles. The molecule has 0 saturated heterocycles. The van der Waals surface area contributed by atoms with E-state index in [2.05, 4.69) is 88.1 Å². The first kappa shape index (κ1) is 19.5. The van der Waals surface area contributed by atoms with Crippen LogP contribution in [0.2, 0.25) is 0 Å². The first-order valence-electron chi connectivity index (χ1n) is 8.76. The smallest absolute Gasteiger partial charge is 0.0783 e. The van der Waals surface area contributed by atoms with Gasteiger partial charge in [-0.3, -0.25) is 4.98 Å². The van der Waals surface area contributed by atoms with Gasteiger partial charge in [0.25, 0.3) is 0 Å². The van der Waals surface area contributed by atoms with Crippen LogP contribution >= 0.6 is 26.2 Å². The third-order valence-electron chi connectivity index (χ3n) is 4.59. The van der Waals surface area contributed by atoms with Crippen molar-refractivity contribution in [1.82, 2.24) is 4.98 Å². The van der Waals surface area contributed by atoms with Crippen LogP contribution in [-0.4, -0.2) is 4.98 Å². The summed E-state index contributed by atoms with van der Waals surface area (Å²) in [6.45, 7) is 0. The van der Waals surface area contributed by atoms with Crippen LogP contribution in [0.4, 0.5) is 0 Å². The predicted molar refractivity (Wildman–Crippen MR) is 124 cm³/mol. The zero-order chi connectivity index (χ0) is 17.8. The molecule has 134 valence electrons. The molecule has 1 heterocycles. The maximum absolute atomic E-state index is 4.90. The summed E-state index contributed by atoms with van der Waals surface area (Å²) in [5, 5.41) is 0. The fourth-order valence-electron chi connectivity index (χ4n) is 3.36. The molecular formula is C24H21BrNP. The highest BCUT2D eigenvalue weighted by atomic mass is 79.9. The van der Waals surface area contributed by atoms with Crippen LogP contribution in [0.15, 0.2) is 97.2 Å². The molecule has 0 aliphatic carbocycles. The van der Waals surface area contributed by atoms with Crippen LogP contribution in [0, 0.1) is 0 Å². The highest BCUT2D eigenvalue weighted by Gasteiger charge is 2.17. The maximum Gasteiger partial charge on any atom is 0.0783 e. The van der Waals surface area contributed by atoms with E-state index in [1.807, 2.05) is 18.3 Å². The van der Waals surface area contributed by atoms with Crippen molar-refractivity contribution in [3.63, 3.8) is 0 Å². The van der Waals surface area contributed by atoms with E-state index in [1.165, 1.54) is 27.8 Å². The monoisotopic (exact) mass is 433 g/mol. The summed E-state index contributed by atoms with van der Waals surface area (Å²) in [5.74, 6) is 0. The number of hydrogen-bond acceptors (Lipinski definition) is 1. The molecule has 0 aliphatic heterocycles. The molecule has 3 aromatic carbocycles. The zero-order valence-corrected chi connectivity index (χ0v) is 17.7. The largest absolute Gasteiger partial charge is 0.255 e. The first-order valence-corrected chi connectivity index (χ1v) is 9.58. The van der Waals surface area contributed by atoms with E-state index in [4.69, 9.17) is 4.98 Å². The van der Waals surface area contributed by atoms with Gasteiger partial charge in [0.05, 0.1) is 5.69 Å². The van der Waals surface area contributed by atoms with Crippen molar-refractivity contribution in [3.8, 4) is 33.5 Å². The second kappa shape index (κ2) is 9.08. The van der Waals surface area contributed by atoms with Crippen molar-refractivity contribution in [2.45, 2.75) is 6.16 Å². The molecule has 1 atom stereocenters. The predicted octanol–water partition coefficient (Wildman–Crippen LogP) is 7.04. The Bertz CT molecular complexity index is 1000. The maximum atomic E-state index is 4.90. The van der Waals surface area contributed by atoms with Crippen LogP contribution in [0.5, 0.6) is 0 Å². The quantitative estimate of drug-likeness (QED) is 0.314. The third-order valence-corrected chi connectivity index (χ3v) is 4.99. The summed E-state index contributed by atoms with van der Waals surface area (Å²) >= 11 is 0. The zero-order valence-electron chi connectivity index (χ0n) is 14.9. The molecule has 3 heteroatoms. The minimum atomic E-state index is 0. The number of nitrogens with zero attached hydrogens (tertiary/aromatic N) is 1. The topological polar surface area (TPSA) is 12.9 Å². The molecule has 0 bridgehead atoms. The molecule has 0 spiro atoms. The average Bonchev–Trinajstić information content (AvgIpc) is 2.74. The molecule has 0 saturated carbocycles. The Kier molecular flexibility index (Phi) is 6.55. The number of benzene rings is 3. The Morgan fingerprint density at radius 3 is 1.63 bits per heavy atom. The minimum absolute atomic E-state index is 0. The van der Waals surface area contributed by atoms with Crippen LogP contribution in [0.1, 0.15) is 5.56 Å². The lowest BCUT2D eigenvalue weighted by Crippen LogP contribution is -1.98. The van der Waals surface area contributed by atoms with Gasteiger partial charge < -0.3 is 0 Å². The average molecular weight is 434 g/mol. The minimum Gasteiger partial charge on any atom is -0.255 e. The third kappa shape index (κ3) is 4.03. The molecular weight excluding hydrogens is 413 g/mol. The van der Waals surface area contributed by atoms with Gasteiger partial charge in [0, 0.05) is 22.9 Å². The van der Waals surface area contributed by atoms with E-state index >= 15 is 0 Å². The Morgan fingerprint density at radius 2 is 1.11 bits per heavy atom. The molecule has 0 radical (unpaired) electrons. The molecule has 4 rings (SSSR count). The van der Waals surface area contributed by atoms with Crippen LogP contribution in [0.3, 0.4) is 0 Å². The normalized spacial score (nSPS) is 10.3. The van der Waals surface area contributed by atoms with Crippen molar-refractivity contribution in [2.75, 3.05) is 0 Å². The lowest BCUT2D eigenvalue weighted by Gasteiger charge is -2.18. The standard InChI is InChI=1S/C24H20NP.BrH/c26-17-22-21(18-10-4-1-5-11-18)16-25-24(20-14-8-3-9-15-20)23(22)19-12-6-2-7-13-19;/h1-16H,17,26H2;1H. The molecule has 1 unspecified atom stereocenters. The fraction of sp³-hybridized carbons (Fsp3) is 0.0417. The summed E-state index contributed by atoms with van der Waals surface area (Å²) in [6.07, 6.45) is 2.89. The van der Waals surface area contributed by atoms with Gasteiger partial charge in [0.2, 0.25) is 0 Å². The van der Waals surface area contributed by atoms with Gasteiger partial charge in [0.15, 0.2) is 0 Å². The van der Waals surface area contributed by atoms with Crippen molar-refractivity contribution in [2.24, 2.45) is 0 Å². The fourth-order valence-corrected chi connectivity index (χ4v) is 3.78. The van der Waals surface area contributed by atoms with Crippen LogP contribution in [0.25, 0.3) is 33.5 Å². The van der Waals surface area contributed by atoms with Crippen molar-refractivity contribution in [3.05, 3.63) is 103 Å². The summed E-state index contributed by atoms with van der Waals surface area (Å²) in [5.41, 5.74) is 8.30. The highest BCUT2D eigenvalue weighted by Crippen LogP contribution is 2.39. The number of rotatable bonds is 4. The summed E-state index contributed by atoms with van der Waals surface area (Å²) in [6, 6.07) is 31.5. The Balaban J connectivity index is 0.00000210. The van der Waals surface area contributed by atoms with E-state index in [1.54, 1.807) is 0 Å². The Hall–Kier alpha value is -2.28. The Morgan fingerprint density at radius 1 is 0.630 bits per heavy atom. The van der Waals surface area contributed by atoms with Gasteiger partial charge in [-0.1, -0.05) is 91.0 Å². The van der Waals surface area contributed by atoms with E-state index in [-0.39, 0.29) is 17.0 Å². The van der Waals surface area contributed by atoms with Gasteiger partial charge in [-0.05, 0) is 22.9 Å². The second-order valence-electron chi connectivity index (χ2n) is 6.18. The van der Waals surface area contributed by atoms with Crippen molar-refractivity contribution < 1.29 is 0 Å². The number of aromatic nitrogens is 1. The second-order valence-corrected chi connectivity index (χ2v) is 6.58. The highest BCUT2D eigenvalue weighted by molar-refractivity contribution is 8.93.